The number of likely N-dealkylation sites (N-methyl/N-ethyl adjacent to an activating group) is 1. The fraction of sp³-hybridized carbons (Fsp3) is 0.182. The number of hydrogen-bond acceptors (Lipinski definition) is 5. The normalized spacial score (nSPS) is 19.8. The largest absolute Gasteiger partial charge is 0.366 e. The molecule has 0 saturated carbocycles. The average molecular weight is 454 g/mol. The number of imide groups is 1. The highest BCUT2D eigenvalue weighted by molar-refractivity contribution is 6.30. The Kier molecular flexibility index (Phi) is 5.58. The van der Waals surface area contributed by atoms with Gasteiger partial charge in [0.05, 0.1) is 17.3 Å². The number of fused-ring (bicyclic) bond motifs is 1. The van der Waals surface area contributed by atoms with E-state index in [1.165, 1.54) is 6.92 Å². The molecule has 164 valence electrons. The van der Waals surface area contributed by atoms with Crippen LogP contribution in [0.3, 0.4) is 0 Å². The molecule has 2 aliphatic rings. The lowest BCUT2D eigenvalue weighted by molar-refractivity contribution is -0.122. The van der Waals surface area contributed by atoms with Crippen LogP contribution in [0.1, 0.15) is 6.92 Å². The predicted octanol–water partition coefficient (Wildman–Crippen LogP) is 2.56. The molecule has 9 nitrogen and oxygen atoms in total. The zero-order chi connectivity index (χ0) is 23.0. The predicted molar refractivity (Wildman–Crippen MR) is 120 cm³/mol. The minimum Gasteiger partial charge on any atom is -0.366 e. The van der Waals surface area contributed by atoms with Crippen LogP contribution < -0.4 is 20.9 Å². The van der Waals surface area contributed by atoms with Crippen molar-refractivity contribution in [2.24, 2.45) is 0 Å². The monoisotopic (exact) mass is 453 g/mol. The van der Waals surface area contributed by atoms with E-state index >= 15 is 0 Å². The Labute approximate surface area is 189 Å². The molecular weight excluding hydrogens is 434 g/mol. The van der Waals surface area contributed by atoms with Gasteiger partial charge in [0.1, 0.15) is 6.04 Å². The van der Waals surface area contributed by atoms with E-state index in [-0.39, 0.29) is 11.5 Å². The van der Waals surface area contributed by atoms with Crippen LogP contribution in [0.5, 0.6) is 0 Å². The number of carbonyl (C=O) groups is 4. The van der Waals surface area contributed by atoms with E-state index in [0.717, 1.165) is 4.90 Å². The number of urea groups is 1. The van der Waals surface area contributed by atoms with Crippen LogP contribution in [0.4, 0.5) is 21.9 Å². The highest BCUT2D eigenvalue weighted by Gasteiger charge is 2.49. The molecule has 0 aromatic heterocycles. The minimum absolute atomic E-state index is 0.197. The molecule has 10 heteroatoms. The third-order valence-corrected chi connectivity index (χ3v) is 5.45. The molecule has 4 rings (SSSR count). The smallest absolute Gasteiger partial charge is 0.329 e. The molecule has 32 heavy (non-hydrogen) atoms. The van der Waals surface area contributed by atoms with Gasteiger partial charge in [-0.25, -0.2) is 9.69 Å². The summed E-state index contributed by atoms with van der Waals surface area (Å²) in [6.45, 7) is 1.41. The molecule has 2 heterocycles. The number of anilines is 3. The quantitative estimate of drug-likeness (QED) is 0.659. The van der Waals surface area contributed by atoms with Gasteiger partial charge in [-0.2, -0.15) is 0 Å². The van der Waals surface area contributed by atoms with E-state index in [9.17, 15) is 19.2 Å². The second-order valence-electron chi connectivity index (χ2n) is 7.48. The molecule has 0 spiro atoms. The van der Waals surface area contributed by atoms with Crippen molar-refractivity contribution in [3.63, 3.8) is 0 Å². The van der Waals surface area contributed by atoms with E-state index in [1.54, 1.807) is 66.7 Å². The van der Waals surface area contributed by atoms with Crippen molar-refractivity contribution in [2.75, 3.05) is 22.6 Å². The lowest BCUT2D eigenvalue weighted by Gasteiger charge is -2.37. The molecule has 0 aliphatic carbocycles. The molecule has 5 amide bonds. The number of nitrogens with one attached hydrogen (secondary N) is 3. The van der Waals surface area contributed by atoms with Crippen LogP contribution in [0.2, 0.25) is 5.02 Å². The first-order valence-electron chi connectivity index (χ1n) is 9.77. The SMILES string of the molecule is CC(=O)Nc1ccc(NC(=O)C2=CN(C)C3C(=O)N(c4ccc(Cl)cc4)C(=O)NC23)cc1. The third-order valence-electron chi connectivity index (χ3n) is 5.20. The number of benzene rings is 2. The lowest BCUT2D eigenvalue weighted by Crippen LogP contribution is -2.65. The highest BCUT2D eigenvalue weighted by Crippen LogP contribution is 2.30. The Morgan fingerprint density at radius 3 is 2.16 bits per heavy atom. The minimum atomic E-state index is -0.790. The van der Waals surface area contributed by atoms with Gasteiger partial charge in [-0.05, 0) is 48.5 Å². The molecule has 2 aromatic carbocycles. The van der Waals surface area contributed by atoms with Gasteiger partial charge in [-0.3, -0.25) is 14.4 Å². The number of nitrogens with zero attached hydrogens (tertiary/aromatic N) is 2. The van der Waals surface area contributed by atoms with Gasteiger partial charge in [0.15, 0.2) is 0 Å². The molecule has 0 bridgehead atoms. The summed E-state index contributed by atoms with van der Waals surface area (Å²) in [6.07, 6.45) is 1.56. The first-order valence-corrected chi connectivity index (χ1v) is 10.1. The average Bonchev–Trinajstić information content (AvgIpc) is 3.07. The topological polar surface area (TPSA) is 111 Å². The van der Waals surface area contributed by atoms with E-state index in [0.29, 0.717) is 22.1 Å². The summed E-state index contributed by atoms with van der Waals surface area (Å²) in [4.78, 5) is 52.6. The maximum Gasteiger partial charge on any atom is 0.329 e. The molecule has 2 aliphatic heterocycles. The fourth-order valence-electron chi connectivity index (χ4n) is 3.77. The maximum absolute atomic E-state index is 13.2. The Bertz CT molecular complexity index is 1130. The van der Waals surface area contributed by atoms with Crippen LogP contribution >= 0.6 is 11.6 Å². The summed E-state index contributed by atoms with van der Waals surface area (Å²) in [5, 5.41) is 8.66. The van der Waals surface area contributed by atoms with Crippen molar-refractivity contribution in [2.45, 2.75) is 19.0 Å². The van der Waals surface area contributed by atoms with Gasteiger partial charge in [0, 0.05) is 36.6 Å². The van der Waals surface area contributed by atoms with Crippen LogP contribution in [0.15, 0.2) is 60.3 Å². The van der Waals surface area contributed by atoms with Crippen molar-refractivity contribution >= 4 is 52.4 Å². The Balaban J connectivity index is 1.50. The highest BCUT2D eigenvalue weighted by atomic mass is 35.5. The van der Waals surface area contributed by atoms with E-state index in [2.05, 4.69) is 16.0 Å². The summed E-state index contributed by atoms with van der Waals surface area (Å²) in [7, 11) is 1.68. The summed E-state index contributed by atoms with van der Waals surface area (Å²) in [5.41, 5.74) is 1.76. The van der Waals surface area contributed by atoms with Crippen molar-refractivity contribution in [1.29, 1.82) is 0 Å². The summed E-state index contributed by atoms with van der Waals surface area (Å²) in [5.74, 6) is -1.08. The molecule has 2 aromatic rings. The van der Waals surface area contributed by atoms with Crippen LogP contribution in [0.25, 0.3) is 0 Å². The number of rotatable bonds is 4. The molecule has 1 fully saturated rings. The molecule has 2 atom stereocenters. The van der Waals surface area contributed by atoms with Crippen molar-refractivity contribution in [3.8, 4) is 0 Å². The first-order chi connectivity index (χ1) is 15.2. The maximum atomic E-state index is 13.2. The van der Waals surface area contributed by atoms with Gasteiger partial charge >= 0.3 is 6.03 Å². The first kappa shape index (κ1) is 21.4. The second-order valence-corrected chi connectivity index (χ2v) is 7.92. The number of halogens is 1. The number of hydrogen-bond donors (Lipinski definition) is 3. The molecule has 1 saturated heterocycles. The molecule has 0 radical (unpaired) electrons. The Morgan fingerprint density at radius 2 is 1.56 bits per heavy atom. The number of amides is 5. The molecule has 3 N–H and O–H groups in total. The van der Waals surface area contributed by atoms with E-state index in [4.69, 9.17) is 11.6 Å². The standard InChI is InChI=1S/C22H20ClN5O4/c1-12(29)24-14-5-7-15(8-6-14)25-20(30)17-11-27(2)19-18(17)26-22(32)28(21(19)31)16-9-3-13(23)4-10-16/h3-11,18-19H,1-2H3,(H,24,29)(H,25,30)(H,26,32). The van der Waals surface area contributed by atoms with Gasteiger partial charge in [-0.15, -0.1) is 0 Å². The van der Waals surface area contributed by atoms with Gasteiger partial charge in [0.25, 0.3) is 11.8 Å². The number of carbonyl (C=O) groups excluding carboxylic acids is 4. The van der Waals surface area contributed by atoms with Crippen molar-refractivity contribution < 1.29 is 19.2 Å². The summed E-state index contributed by atoms with van der Waals surface area (Å²) < 4.78 is 0. The Hall–Kier alpha value is -3.85. The zero-order valence-electron chi connectivity index (χ0n) is 17.3. The third kappa shape index (κ3) is 4.02. The fourth-order valence-corrected chi connectivity index (χ4v) is 3.89. The van der Waals surface area contributed by atoms with E-state index < -0.39 is 29.9 Å². The van der Waals surface area contributed by atoms with Crippen molar-refractivity contribution in [3.05, 3.63) is 65.3 Å². The van der Waals surface area contributed by atoms with Gasteiger partial charge in [0.2, 0.25) is 5.91 Å². The lowest BCUT2D eigenvalue weighted by atomic mass is 9.99. The van der Waals surface area contributed by atoms with E-state index in [1.807, 2.05) is 0 Å². The Morgan fingerprint density at radius 1 is 0.969 bits per heavy atom. The van der Waals surface area contributed by atoms with Crippen LogP contribution in [-0.2, 0) is 14.4 Å². The van der Waals surface area contributed by atoms with Gasteiger partial charge < -0.3 is 20.9 Å². The zero-order valence-corrected chi connectivity index (χ0v) is 18.0. The van der Waals surface area contributed by atoms with Crippen molar-refractivity contribution in [1.82, 2.24) is 10.2 Å². The van der Waals surface area contributed by atoms with Gasteiger partial charge in [-0.1, -0.05) is 11.6 Å². The van der Waals surface area contributed by atoms with Crippen LogP contribution in [0, 0.1) is 0 Å². The second kappa shape index (κ2) is 8.35. The summed E-state index contributed by atoms with van der Waals surface area (Å²) in [6, 6.07) is 10.8. The van der Waals surface area contributed by atoms with Crippen LogP contribution in [-0.4, -0.2) is 47.8 Å². The molecular formula is C22H20ClN5O4. The molecule has 2 unspecified atom stereocenters. The summed E-state index contributed by atoms with van der Waals surface area (Å²) >= 11 is 5.90.